The molecule has 15 N–H and O–H groups in total. The third-order valence-corrected chi connectivity index (χ3v) is 29.1. The quantitative estimate of drug-likeness (QED) is 0.0194. The highest BCUT2D eigenvalue weighted by Crippen LogP contribution is 2.64. The Morgan fingerprint density at radius 1 is 0.526 bits per heavy atom. The Hall–Kier alpha value is -5.73. The normalized spacial score (nSPS) is 34.6. The number of nitrogens with zero attached hydrogens (tertiary/aromatic N) is 12. The highest BCUT2D eigenvalue weighted by Gasteiger charge is 2.72. The Kier molecular flexibility index (Phi) is 22.2. The van der Waals surface area contributed by atoms with Crippen LogP contribution in [-0.2, 0) is 135 Å². The molecule has 8 fully saturated rings. The molecule has 8 aliphatic rings. The molecule has 8 unspecified atom stereocenters. The molecule has 16 rings (SSSR count). The summed E-state index contributed by atoms with van der Waals surface area (Å²) in [5.74, 6) is -0.571. The summed E-state index contributed by atoms with van der Waals surface area (Å²) in [5.41, 5.74) is 7.71. The van der Waals surface area contributed by atoms with Gasteiger partial charge in [-0.15, -0.1) is 0 Å². The lowest BCUT2D eigenvalue weighted by Crippen LogP contribution is -2.52. The van der Waals surface area contributed by atoms with Gasteiger partial charge in [-0.25, -0.2) is 39.1 Å². The number of rotatable bonds is 29. The first-order valence-corrected chi connectivity index (χ1v) is 47.8. The van der Waals surface area contributed by atoms with Crippen LogP contribution in [0, 0.1) is 13.8 Å². The smallest absolute Gasteiger partial charge is 0.386 e. The number of fused-ring (bicyclic) bond motifs is 9. The van der Waals surface area contributed by atoms with Gasteiger partial charge in [-0.05, 0) is 81.8 Å². The van der Waals surface area contributed by atoms with E-state index >= 15 is 0 Å². The van der Waals surface area contributed by atoms with Gasteiger partial charge in [0.25, 0.3) is 22.2 Å². The minimum absolute atomic E-state index is 0.0195. The molecule has 0 saturated carbocycles. The first-order chi connectivity index (χ1) is 54.6. The summed E-state index contributed by atoms with van der Waals surface area (Å²) < 4.78 is 133. The van der Waals surface area contributed by atoms with E-state index in [2.05, 4.69) is 67.1 Å². The second-order valence-electron chi connectivity index (χ2n) is 28.1. The molecule has 630 valence electrons. The summed E-state index contributed by atoms with van der Waals surface area (Å²) >= 11 is 26.8. The Labute approximate surface area is 673 Å². The Balaban J connectivity index is 0.665. The van der Waals surface area contributed by atoms with Gasteiger partial charge in [-0.2, -0.15) is 9.97 Å². The van der Waals surface area contributed by atoms with Crippen molar-refractivity contribution in [3.63, 3.8) is 0 Å². The molecule has 49 nitrogen and oxygen atoms in total. The minimum Gasteiger partial charge on any atom is -0.393 e. The Morgan fingerprint density at radius 2 is 0.948 bits per heavy atom. The van der Waals surface area contributed by atoms with Crippen molar-refractivity contribution >= 4 is 144 Å². The summed E-state index contributed by atoms with van der Waals surface area (Å²) in [6.45, 7) is -19.5. The van der Waals surface area contributed by atoms with Crippen molar-refractivity contribution in [1.82, 2.24) is 77.7 Å². The molecule has 0 radical (unpaired) electrons. The molecular weight excluding hydrogens is 1750 g/mol. The van der Waals surface area contributed by atoms with E-state index in [9.17, 15) is 58.0 Å². The van der Waals surface area contributed by atoms with E-state index in [1.807, 2.05) is 0 Å². The van der Waals surface area contributed by atoms with Crippen molar-refractivity contribution in [2.45, 2.75) is 175 Å². The number of aromatic amines is 4. The van der Waals surface area contributed by atoms with Gasteiger partial charge < -0.3 is 102 Å². The third-order valence-electron chi connectivity index (χ3n) is 21.2. The highest BCUT2D eigenvalue weighted by atomic mass is 32.7. The SMILES string of the molecule is COP(O)(=S)O[C@@H]1C[C@H](n2cc(C)c(=O)[nH]c2=O)O[C@@H]1COP(=O)(S)O[C@@H]1C[C@H](n2cnc3c(=O)[nH]c(N)nc32)O[C@@H]1COP(O)(=S)O[C@@H]1C2O[C@@H](C)[C@]1(COP(O)(=S)O[C@@H]1C3O[C@@H](C)[C@]1(COP(O)(=S)O[C@@H]1C4O[C@@H](C)[C@]1(CO)O[C@H]4n1cnc4c(=O)[nH]c(N)nc41)O[C@H]3n1cc(C)c(=O)[nH]c1=O)O[C@H]2n1cnc2c(N)ncnc21. The van der Waals surface area contributed by atoms with E-state index in [1.54, 1.807) is 6.92 Å². The van der Waals surface area contributed by atoms with Crippen LogP contribution in [0.5, 0.6) is 0 Å². The number of nitrogens with one attached hydrogen (secondary N) is 4. The van der Waals surface area contributed by atoms with Gasteiger partial charge in [-0.3, -0.25) is 84.6 Å². The van der Waals surface area contributed by atoms with Crippen LogP contribution in [-0.4, -0.2) is 239 Å². The molecule has 116 heavy (non-hydrogen) atoms. The molecule has 26 atom stereocenters. The van der Waals surface area contributed by atoms with Crippen LogP contribution in [0.25, 0.3) is 33.5 Å². The number of hydrogen-bond donors (Lipinski definition) is 13. The molecule has 59 heteroatoms. The van der Waals surface area contributed by atoms with Crippen molar-refractivity contribution in [1.29, 1.82) is 0 Å². The van der Waals surface area contributed by atoms with Crippen LogP contribution in [0.4, 0.5) is 17.7 Å². The van der Waals surface area contributed by atoms with Gasteiger partial charge in [0.05, 0.1) is 76.4 Å². The maximum absolute atomic E-state index is 14.6. The average molecular weight is 1820 g/mol. The molecule has 0 spiro atoms. The lowest BCUT2D eigenvalue weighted by Gasteiger charge is -2.38. The van der Waals surface area contributed by atoms with Gasteiger partial charge in [0.1, 0.15) is 96.0 Å². The van der Waals surface area contributed by atoms with Crippen LogP contribution in [0.15, 0.2) is 66.5 Å². The van der Waals surface area contributed by atoms with Gasteiger partial charge in [0.15, 0.2) is 52.5 Å². The molecule has 16 heterocycles. The zero-order valence-electron chi connectivity index (χ0n) is 60.7. The van der Waals surface area contributed by atoms with Crippen LogP contribution < -0.4 is 50.8 Å². The number of nitrogens with two attached hydrogens (primary N) is 3. The number of anilines is 3. The predicted molar refractivity (Wildman–Crippen MR) is 410 cm³/mol. The van der Waals surface area contributed by atoms with Crippen molar-refractivity contribution in [3.8, 4) is 0 Å². The third kappa shape index (κ3) is 15.1. The fraction of sp³-hybridized carbons (Fsp3) is 0.596. The molecule has 0 amide bonds. The number of H-pyrrole nitrogens is 4. The highest BCUT2D eigenvalue weighted by molar-refractivity contribution is 8.44. The lowest BCUT2D eigenvalue weighted by atomic mass is 9.94. The summed E-state index contributed by atoms with van der Waals surface area (Å²) in [6, 6.07) is 0. The number of hydrogen-bond acceptors (Lipinski definition) is 40. The predicted octanol–water partition coefficient (Wildman–Crippen LogP) is -1.17. The van der Waals surface area contributed by atoms with Crippen LogP contribution in [0.1, 0.15) is 75.9 Å². The van der Waals surface area contributed by atoms with Crippen molar-refractivity contribution in [3.05, 3.63) is 111 Å². The summed E-state index contributed by atoms with van der Waals surface area (Å²) in [4.78, 5) is 165. The molecule has 8 aromatic heterocycles. The van der Waals surface area contributed by atoms with Crippen LogP contribution in [0.3, 0.4) is 0 Å². The average Bonchev–Trinajstić information content (AvgIpc) is 1.55. The zero-order chi connectivity index (χ0) is 82.8. The Bertz CT molecular complexity index is 5900. The fourth-order valence-corrected chi connectivity index (χ4v) is 22.3. The number of aryl methyl sites for hydroxylation is 2. The number of nitrogen functional groups attached to an aromatic ring is 3. The molecule has 8 aliphatic heterocycles. The topological polar surface area (TPSA) is 643 Å². The van der Waals surface area contributed by atoms with Gasteiger partial charge in [-0.1, -0.05) is 12.2 Å². The number of aliphatic hydroxyl groups is 1. The summed E-state index contributed by atoms with van der Waals surface area (Å²) in [6.07, 6.45) is -16.9. The molecule has 8 saturated heterocycles. The number of thiol groups is 1. The summed E-state index contributed by atoms with van der Waals surface area (Å²) in [7, 11) is 1.10. The second kappa shape index (κ2) is 30.7. The largest absolute Gasteiger partial charge is 0.393 e. The van der Waals surface area contributed by atoms with E-state index in [1.165, 1.54) is 72.8 Å². The number of imidazole rings is 3. The fourth-order valence-electron chi connectivity index (χ4n) is 15.4. The number of aromatic nitrogens is 16. The molecule has 6 bridgehead atoms. The van der Waals surface area contributed by atoms with Crippen molar-refractivity contribution in [2.75, 3.05) is 57.3 Å². The molecular formula is C57H72N19O30P5S5. The van der Waals surface area contributed by atoms with Gasteiger partial charge in [0.2, 0.25) is 11.9 Å². The molecule has 8 aromatic rings. The van der Waals surface area contributed by atoms with Crippen molar-refractivity contribution in [2.24, 2.45) is 0 Å². The van der Waals surface area contributed by atoms with Gasteiger partial charge >= 0.3 is 45.1 Å². The van der Waals surface area contributed by atoms with E-state index in [0.717, 1.165) is 22.6 Å². The van der Waals surface area contributed by atoms with Crippen LogP contribution >= 0.6 is 45.9 Å². The molecule has 0 aliphatic carbocycles. The maximum atomic E-state index is 14.6. The van der Waals surface area contributed by atoms with Gasteiger partial charge in [0, 0.05) is 43.5 Å². The lowest BCUT2D eigenvalue weighted by molar-refractivity contribution is -0.218. The second-order valence-corrected chi connectivity index (χ2v) is 42.3. The summed E-state index contributed by atoms with van der Waals surface area (Å²) in [5, 5.41) is 11.1. The van der Waals surface area contributed by atoms with E-state index in [0.29, 0.717) is 0 Å². The molecule has 0 aromatic carbocycles. The van der Waals surface area contributed by atoms with E-state index in [-0.39, 0.29) is 75.2 Å². The minimum atomic E-state index is -4.89. The number of ether oxygens (including phenoxy) is 8. The first kappa shape index (κ1) is 83.9. The van der Waals surface area contributed by atoms with E-state index < -0.39 is 228 Å². The maximum Gasteiger partial charge on any atom is 0.386 e. The monoisotopic (exact) mass is 1820 g/mol. The number of aliphatic hydroxyl groups excluding tert-OH is 1. The zero-order valence-corrected chi connectivity index (χ0v) is 69.3. The van der Waals surface area contributed by atoms with Crippen molar-refractivity contribution < 1.29 is 112 Å². The van der Waals surface area contributed by atoms with E-state index in [4.69, 9.17) is 148 Å². The van der Waals surface area contributed by atoms with Crippen LogP contribution in [0.2, 0.25) is 0 Å². The standard InChI is InChI=1S/C57H72N19O30P5S5/c1-20-9-72(53(82)70-44(20)78)29-7-25(102-107(84,112)89-6)27(97-29)11-90-108(85,113)103-26-8-30(74-17-64-32-42(74)66-51(59)68-46(32)80)98-28(26)12-91-109(86,114)105-39-36-49(75-18-63-31-40(58)61-16-62-41(31)75)101-57(39,24(5)96-36)15-93-111(88,116)106-38-35-48(73-10-21(2)45(79)71-54(73)83)100-56(38,23(4)95-35)14-92-110(87,115)104-37-34-50(99-55(37,13-77)22(3)94-34)76-19-65-33-43(76)67-52(60)69-47(33)81/h9-10,16-19,22-30,34-39,48-50,77H,7-8,11-15H2,1-6H3,(H,84,112)(H,85,113)(H,86,114)(H,87,115)(H,88,116)(H2,58,61,62)(H,70,78,82)(H,71,79,83)(H3,59,66,68,80)(H3,60,67,69,81)/t22-,23-,24-,25+,26+,27+,28+,29+,30+,34?,35?,36?,37+,38+,39+,48+,49+,50+,55-,56-,57-,107?,108?,109?,110?,111?/m0/s1. The first-order valence-electron chi connectivity index (χ1n) is 34.8. The Morgan fingerprint density at radius 3 is 1.47 bits per heavy atom.